The van der Waals surface area contributed by atoms with E-state index in [-0.39, 0.29) is 0 Å². The third-order valence-electron chi connectivity index (χ3n) is 2.80. The van der Waals surface area contributed by atoms with E-state index in [0.29, 0.717) is 6.54 Å². The molecule has 0 radical (unpaired) electrons. The fourth-order valence-corrected chi connectivity index (χ4v) is 3.14. The molecule has 0 atom stereocenters. The second-order valence-electron chi connectivity index (χ2n) is 4.08. The molecule has 2 heterocycles. The molecule has 0 aliphatic carbocycles. The summed E-state index contributed by atoms with van der Waals surface area (Å²) in [6, 6.07) is 16.5. The summed E-state index contributed by atoms with van der Waals surface area (Å²) in [5, 5.41) is 5.54. The highest BCUT2D eigenvalue weighted by Gasteiger charge is 2.06. The van der Waals surface area contributed by atoms with Crippen molar-refractivity contribution in [1.29, 1.82) is 0 Å². The van der Waals surface area contributed by atoms with Gasteiger partial charge in [-0.05, 0) is 52.2 Å². The Bertz CT molecular complexity index is 660. The van der Waals surface area contributed by atoms with E-state index in [2.05, 4.69) is 63.6 Å². The monoisotopic (exact) mass is 381 g/mol. The highest BCUT2D eigenvalue weighted by atomic mass is 127. The Hall–Kier alpha value is -1.27. The average Bonchev–Trinajstić information content (AvgIpc) is 3.08. The average molecular weight is 381 g/mol. The fraction of sp³-hybridized carbons (Fsp3) is 0.0667. The molecule has 0 unspecified atom stereocenters. The first-order valence-corrected chi connectivity index (χ1v) is 7.90. The van der Waals surface area contributed by atoms with Gasteiger partial charge in [0.1, 0.15) is 5.76 Å². The lowest BCUT2D eigenvalue weighted by molar-refractivity contribution is 0.493. The van der Waals surface area contributed by atoms with E-state index in [1.54, 1.807) is 11.3 Å². The Balaban J connectivity index is 1.81. The largest absolute Gasteiger partial charge is 0.454 e. The number of hydrogen-bond donors (Lipinski definition) is 1. The zero-order valence-electron chi connectivity index (χ0n) is 10.1. The Morgan fingerprint density at radius 1 is 1.05 bits per heavy atom. The van der Waals surface area contributed by atoms with E-state index in [0.717, 1.165) is 15.2 Å². The van der Waals surface area contributed by atoms with Gasteiger partial charge in [-0.1, -0.05) is 24.3 Å². The number of halogens is 1. The summed E-state index contributed by atoms with van der Waals surface area (Å²) in [6.07, 6.45) is 0. The Kier molecular flexibility index (Phi) is 3.89. The van der Waals surface area contributed by atoms with E-state index in [9.17, 15) is 0 Å². The number of furan rings is 1. The van der Waals surface area contributed by atoms with Crippen LogP contribution in [0, 0.1) is 3.77 Å². The molecular formula is C15H12INOS. The van der Waals surface area contributed by atoms with Crippen molar-refractivity contribution in [2.24, 2.45) is 0 Å². The maximum Gasteiger partial charge on any atom is 0.164 e. The number of para-hydroxylation sites is 1. The first kappa shape index (κ1) is 12.7. The Labute approximate surface area is 129 Å². The van der Waals surface area contributed by atoms with Crippen LogP contribution in [-0.4, -0.2) is 0 Å². The molecule has 1 aromatic carbocycles. The van der Waals surface area contributed by atoms with Crippen LogP contribution in [0.2, 0.25) is 0 Å². The molecule has 0 bridgehead atoms. The van der Waals surface area contributed by atoms with Crippen LogP contribution in [0.5, 0.6) is 0 Å². The first-order valence-electron chi connectivity index (χ1n) is 5.94. The molecule has 0 fully saturated rings. The maximum absolute atomic E-state index is 5.56. The lowest BCUT2D eigenvalue weighted by atomic mass is 10.1. The van der Waals surface area contributed by atoms with Gasteiger partial charge in [-0.2, -0.15) is 0 Å². The number of benzene rings is 1. The van der Waals surface area contributed by atoms with E-state index < -0.39 is 0 Å². The van der Waals surface area contributed by atoms with Gasteiger partial charge in [0.05, 0.1) is 6.54 Å². The van der Waals surface area contributed by atoms with Crippen LogP contribution in [0.15, 0.2) is 58.3 Å². The van der Waals surface area contributed by atoms with Crippen LogP contribution in [-0.2, 0) is 6.54 Å². The minimum absolute atomic E-state index is 0.700. The minimum atomic E-state index is 0.700. The lowest BCUT2D eigenvalue weighted by Crippen LogP contribution is -1.99. The maximum atomic E-state index is 5.56. The van der Waals surface area contributed by atoms with E-state index in [4.69, 9.17) is 4.42 Å². The van der Waals surface area contributed by atoms with Crippen LogP contribution < -0.4 is 5.32 Å². The molecule has 0 aliphatic rings. The van der Waals surface area contributed by atoms with Gasteiger partial charge in [0.25, 0.3) is 0 Å². The molecule has 4 heteroatoms. The van der Waals surface area contributed by atoms with Gasteiger partial charge in [0.2, 0.25) is 0 Å². The molecule has 0 aliphatic heterocycles. The van der Waals surface area contributed by atoms with Gasteiger partial charge in [0, 0.05) is 16.1 Å². The number of rotatable bonds is 4. The summed E-state index contributed by atoms with van der Waals surface area (Å²) in [6.45, 7) is 0.700. The van der Waals surface area contributed by atoms with Crippen molar-refractivity contribution in [2.45, 2.75) is 6.54 Å². The molecule has 96 valence electrons. The highest BCUT2D eigenvalue weighted by molar-refractivity contribution is 14.1. The topological polar surface area (TPSA) is 25.2 Å². The number of hydrogen-bond acceptors (Lipinski definition) is 3. The molecule has 19 heavy (non-hydrogen) atoms. The summed E-state index contributed by atoms with van der Waals surface area (Å²) in [5.74, 6) is 0.949. The SMILES string of the molecule is Ic1ccc(CNc2ccccc2-c2cccs2)o1. The normalized spacial score (nSPS) is 10.6. The van der Waals surface area contributed by atoms with Crippen LogP contribution in [0.1, 0.15) is 5.76 Å². The second kappa shape index (κ2) is 5.79. The summed E-state index contributed by atoms with van der Waals surface area (Å²) in [4.78, 5) is 1.28. The van der Waals surface area contributed by atoms with E-state index in [1.807, 2.05) is 18.2 Å². The standard InChI is InChI=1S/C15H12INOS/c16-15-8-7-11(18-15)10-17-13-5-2-1-4-12(13)14-6-3-9-19-14/h1-9,17H,10H2. The van der Waals surface area contributed by atoms with Crippen molar-refractivity contribution in [3.63, 3.8) is 0 Å². The lowest BCUT2D eigenvalue weighted by Gasteiger charge is -2.09. The number of nitrogens with one attached hydrogen (secondary N) is 1. The van der Waals surface area contributed by atoms with Crippen LogP contribution in [0.3, 0.4) is 0 Å². The minimum Gasteiger partial charge on any atom is -0.454 e. The predicted octanol–water partition coefficient (Wildman–Crippen LogP) is 5.22. The Morgan fingerprint density at radius 3 is 2.68 bits per heavy atom. The van der Waals surface area contributed by atoms with Crippen molar-refractivity contribution in [2.75, 3.05) is 5.32 Å². The van der Waals surface area contributed by atoms with Crippen LogP contribution in [0.4, 0.5) is 5.69 Å². The first-order chi connectivity index (χ1) is 9.33. The van der Waals surface area contributed by atoms with Gasteiger partial charge in [0.15, 0.2) is 3.77 Å². The molecule has 1 N–H and O–H groups in total. The number of anilines is 1. The Morgan fingerprint density at radius 2 is 1.95 bits per heavy atom. The molecule has 2 aromatic heterocycles. The van der Waals surface area contributed by atoms with Gasteiger partial charge in [-0.25, -0.2) is 0 Å². The van der Waals surface area contributed by atoms with Crippen molar-refractivity contribution < 1.29 is 4.42 Å². The zero-order valence-corrected chi connectivity index (χ0v) is 13.1. The fourth-order valence-electron chi connectivity index (χ4n) is 1.91. The van der Waals surface area contributed by atoms with Gasteiger partial charge < -0.3 is 9.73 Å². The molecule has 3 rings (SSSR count). The van der Waals surface area contributed by atoms with Crippen molar-refractivity contribution in [3.8, 4) is 10.4 Å². The highest BCUT2D eigenvalue weighted by Crippen LogP contribution is 2.31. The predicted molar refractivity (Wildman–Crippen MR) is 88.5 cm³/mol. The second-order valence-corrected chi connectivity index (χ2v) is 6.09. The summed E-state index contributed by atoms with van der Waals surface area (Å²) in [5.41, 5.74) is 2.37. The van der Waals surface area contributed by atoms with Crippen LogP contribution >= 0.6 is 33.9 Å². The third kappa shape index (κ3) is 3.01. The van der Waals surface area contributed by atoms with Crippen molar-refractivity contribution in [1.82, 2.24) is 0 Å². The molecule has 0 spiro atoms. The molecule has 3 aromatic rings. The quantitative estimate of drug-likeness (QED) is 0.627. The molecule has 0 amide bonds. The molecule has 0 saturated carbocycles. The zero-order chi connectivity index (χ0) is 13.1. The molecule has 0 saturated heterocycles. The summed E-state index contributed by atoms with van der Waals surface area (Å²) < 4.78 is 6.48. The number of thiophene rings is 1. The van der Waals surface area contributed by atoms with Gasteiger partial charge in [-0.15, -0.1) is 11.3 Å². The summed E-state index contributed by atoms with van der Waals surface area (Å²) in [7, 11) is 0. The van der Waals surface area contributed by atoms with Crippen molar-refractivity contribution >= 4 is 39.6 Å². The van der Waals surface area contributed by atoms with Gasteiger partial charge >= 0.3 is 0 Å². The molecule has 2 nitrogen and oxygen atoms in total. The van der Waals surface area contributed by atoms with E-state index >= 15 is 0 Å². The molecular weight excluding hydrogens is 369 g/mol. The third-order valence-corrected chi connectivity index (χ3v) is 4.28. The van der Waals surface area contributed by atoms with Crippen molar-refractivity contribution in [3.05, 3.63) is 63.4 Å². The smallest absolute Gasteiger partial charge is 0.164 e. The van der Waals surface area contributed by atoms with Crippen LogP contribution in [0.25, 0.3) is 10.4 Å². The van der Waals surface area contributed by atoms with Gasteiger partial charge in [-0.3, -0.25) is 0 Å². The van der Waals surface area contributed by atoms with E-state index in [1.165, 1.54) is 10.4 Å². The summed E-state index contributed by atoms with van der Waals surface area (Å²) >= 11 is 3.93.